The topological polar surface area (TPSA) is 63.9 Å². The van der Waals surface area contributed by atoms with Crippen molar-refractivity contribution in [2.45, 2.75) is 33.5 Å². The van der Waals surface area contributed by atoms with E-state index in [0.717, 1.165) is 47.7 Å². The van der Waals surface area contributed by atoms with Crippen LogP contribution in [0.15, 0.2) is 86.2 Å². The normalized spacial score (nSPS) is 13.6. The van der Waals surface area contributed by atoms with Gasteiger partial charge in [-0.15, -0.1) is 10.2 Å². The number of aromatic nitrogens is 4. The van der Waals surface area contributed by atoms with Gasteiger partial charge in [0.1, 0.15) is 5.52 Å². The second kappa shape index (κ2) is 8.96. The fraction of sp³-hybridized carbons (Fsp3) is 0.154. The van der Waals surface area contributed by atoms with E-state index in [1.54, 1.807) is 11.8 Å². The van der Waals surface area contributed by atoms with Gasteiger partial charge in [-0.3, -0.25) is 9.69 Å². The van der Waals surface area contributed by atoms with Crippen molar-refractivity contribution in [1.82, 2.24) is 19.7 Å². The Labute approximate surface area is 219 Å². The average Bonchev–Trinajstić information content (AvgIpc) is 3.15. The lowest BCUT2D eigenvalue weighted by atomic mass is 10.2. The predicted octanol–water partition coefficient (Wildman–Crippen LogP) is 6.98. The molecule has 174 valence electrons. The van der Waals surface area contributed by atoms with Crippen LogP contribution in [0.1, 0.15) is 13.3 Å². The van der Waals surface area contributed by atoms with Crippen LogP contribution in [0.25, 0.3) is 22.1 Å². The van der Waals surface area contributed by atoms with Gasteiger partial charge in [-0.1, -0.05) is 70.6 Å². The number of fused-ring (bicyclic) bond motifs is 5. The van der Waals surface area contributed by atoms with Gasteiger partial charge in [-0.25, -0.2) is 4.98 Å². The first-order valence-electron chi connectivity index (χ1n) is 11.2. The molecule has 0 spiro atoms. The van der Waals surface area contributed by atoms with Gasteiger partial charge in [0, 0.05) is 26.7 Å². The highest BCUT2D eigenvalue weighted by Gasteiger charge is 2.33. The SMILES string of the molecule is CC[C@@H](Sc1nnc2c3cc(Br)ccc3n(C)c2n1)C(=O)N1c2ccccc2Sc2ccccc21. The highest BCUT2D eigenvalue weighted by molar-refractivity contribution is 9.10. The number of nitrogens with zero attached hydrogens (tertiary/aromatic N) is 5. The summed E-state index contributed by atoms with van der Waals surface area (Å²) in [7, 11) is 1.98. The van der Waals surface area contributed by atoms with Gasteiger partial charge in [-0.2, -0.15) is 0 Å². The molecule has 35 heavy (non-hydrogen) atoms. The molecule has 1 amide bonds. The summed E-state index contributed by atoms with van der Waals surface area (Å²) in [5.74, 6) is 0.0161. The molecular weight excluding hydrogens is 542 g/mol. The summed E-state index contributed by atoms with van der Waals surface area (Å²) in [4.78, 5) is 22.8. The van der Waals surface area contributed by atoms with Crippen LogP contribution < -0.4 is 4.90 Å². The molecule has 1 atom stereocenters. The number of amides is 1. The summed E-state index contributed by atoms with van der Waals surface area (Å²) in [6.07, 6.45) is 0.640. The van der Waals surface area contributed by atoms with Crippen molar-refractivity contribution >= 4 is 78.8 Å². The zero-order valence-electron chi connectivity index (χ0n) is 19.0. The van der Waals surface area contributed by atoms with Crippen molar-refractivity contribution in [3.63, 3.8) is 0 Å². The van der Waals surface area contributed by atoms with Gasteiger partial charge in [0.2, 0.25) is 11.1 Å². The molecule has 0 aliphatic carbocycles. The van der Waals surface area contributed by atoms with Crippen LogP contribution in [0, 0.1) is 0 Å². The number of carbonyl (C=O) groups is 1. The van der Waals surface area contributed by atoms with Crippen molar-refractivity contribution in [3.05, 3.63) is 71.2 Å². The minimum atomic E-state index is -0.359. The maximum Gasteiger partial charge on any atom is 0.245 e. The third-order valence-electron chi connectivity index (χ3n) is 6.09. The Balaban J connectivity index is 1.38. The Hall–Kier alpha value is -2.88. The second-order valence-corrected chi connectivity index (χ2v) is 11.4. The standard InChI is InChI=1S/C26H20BrN5OS2/c1-3-20(25(33)32-18-8-4-6-10-21(18)34-22-11-7-5-9-19(22)32)35-26-28-24-23(29-30-26)16-14-15(27)12-13-17(16)31(24)2/h4-14,20H,3H2,1-2H3/t20-/m1/s1. The van der Waals surface area contributed by atoms with E-state index in [-0.39, 0.29) is 11.2 Å². The van der Waals surface area contributed by atoms with Crippen LogP contribution in [0.4, 0.5) is 11.4 Å². The molecule has 1 aliphatic heterocycles. The summed E-state index contributed by atoms with van der Waals surface area (Å²) < 4.78 is 3.00. The number of halogens is 1. The van der Waals surface area contributed by atoms with Gasteiger partial charge in [0.25, 0.3) is 0 Å². The average molecular weight is 563 g/mol. The molecule has 6 rings (SSSR count). The first-order chi connectivity index (χ1) is 17.0. The molecule has 3 aromatic carbocycles. The highest BCUT2D eigenvalue weighted by atomic mass is 79.9. The summed E-state index contributed by atoms with van der Waals surface area (Å²) in [5.41, 5.74) is 4.36. The molecule has 5 aromatic rings. The first kappa shape index (κ1) is 22.6. The smallest absolute Gasteiger partial charge is 0.245 e. The highest BCUT2D eigenvalue weighted by Crippen LogP contribution is 2.48. The van der Waals surface area contributed by atoms with E-state index in [2.05, 4.69) is 38.3 Å². The number of hydrogen-bond donors (Lipinski definition) is 0. The quantitative estimate of drug-likeness (QED) is 0.220. The van der Waals surface area contributed by atoms with E-state index in [1.165, 1.54) is 11.8 Å². The lowest BCUT2D eigenvalue weighted by Gasteiger charge is -2.33. The van der Waals surface area contributed by atoms with Crippen molar-refractivity contribution in [1.29, 1.82) is 0 Å². The number of anilines is 2. The van der Waals surface area contributed by atoms with E-state index in [1.807, 2.05) is 78.0 Å². The summed E-state index contributed by atoms with van der Waals surface area (Å²) in [5, 5.41) is 10.0. The number of hydrogen-bond acceptors (Lipinski definition) is 6. The van der Waals surface area contributed by atoms with Crippen LogP contribution >= 0.6 is 39.5 Å². The monoisotopic (exact) mass is 561 g/mol. The molecular formula is C26H20BrN5OS2. The Kier molecular flexibility index (Phi) is 5.78. The fourth-order valence-electron chi connectivity index (χ4n) is 4.39. The third kappa shape index (κ3) is 3.82. The Morgan fingerprint density at radius 2 is 1.71 bits per heavy atom. The Morgan fingerprint density at radius 1 is 1.03 bits per heavy atom. The summed E-state index contributed by atoms with van der Waals surface area (Å²) in [6.45, 7) is 2.02. The van der Waals surface area contributed by atoms with E-state index >= 15 is 0 Å². The Bertz CT molecular complexity index is 1570. The number of para-hydroxylation sites is 2. The molecule has 9 heteroatoms. The molecule has 3 heterocycles. The number of rotatable bonds is 4. The van der Waals surface area contributed by atoms with Crippen LogP contribution in [0.3, 0.4) is 0 Å². The molecule has 1 aliphatic rings. The fourth-order valence-corrected chi connectivity index (χ4v) is 6.66. The molecule has 0 N–H and O–H groups in total. The molecule has 0 unspecified atom stereocenters. The zero-order valence-corrected chi connectivity index (χ0v) is 22.2. The number of aryl methyl sites for hydroxylation is 1. The summed E-state index contributed by atoms with van der Waals surface area (Å²) >= 11 is 6.60. The van der Waals surface area contributed by atoms with E-state index < -0.39 is 0 Å². The van der Waals surface area contributed by atoms with E-state index in [4.69, 9.17) is 4.98 Å². The van der Waals surface area contributed by atoms with Crippen molar-refractivity contribution in [2.24, 2.45) is 7.05 Å². The first-order valence-corrected chi connectivity index (χ1v) is 13.7. The third-order valence-corrected chi connectivity index (χ3v) is 8.91. The minimum Gasteiger partial charge on any atom is -0.327 e. The molecule has 0 fully saturated rings. The zero-order chi connectivity index (χ0) is 24.1. The second-order valence-electron chi connectivity index (χ2n) is 8.21. The predicted molar refractivity (Wildman–Crippen MR) is 146 cm³/mol. The van der Waals surface area contributed by atoms with Crippen molar-refractivity contribution < 1.29 is 4.79 Å². The minimum absolute atomic E-state index is 0.0161. The van der Waals surface area contributed by atoms with Gasteiger partial charge in [0.05, 0.1) is 22.1 Å². The lowest BCUT2D eigenvalue weighted by Crippen LogP contribution is -2.35. The van der Waals surface area contributed by atoms with Crippen LogP contribution in [0.2, 0.25) is 0 Å². The van der Waals surface area contributed by atoms with Gasteiger partial charge in [0.15, 0.2) is 5.65 Å². The lowest BCUT2D eigenvalue weighted by molar-refractivity contribution is -0.117. The van der Waals surface area contributed by atoms with E-state index in [0.29, 0.717) is 11.6 Å². The summed E-state index contributed by atoms with van der Waals surface area (Å²) in [6, 6.07) is 22.2. The molecule has 0 bridgehead atoms. The van der Waals surface area contributed by atoms with Crippen LogP contribution in [-0.2, 0) is 11.8 Å². The number of benzene rings is 3. The molecule has 0 saturated heterocycles. The molecule has 0 radical (unpaired) electrons. The van der Waals surface area contributed by atoms with Gasteiger partial charge < -0.3 is 4.57 Å². The molecule has 6 nitrogen and oxygen atoms in total. The van der Waals surface area contributed by atoms with Crippen molar-refractivity contribution in [3.8, 4) is 0 Å². The van der Waals surface area contributed by atoms with Crippen LogP contribution in [-0.4, -0.2) is 30.9 Å². The largest absolute Gasteiger partial charge is 0.327 e. The van der Waals surface area contributed by atoms with Crippen LogP contribution in [0.5, 0.6) is 0 Å². The maximum atomic E-state index is 14.0. The van der Waals surface area contributed by atoms with Gasteiger partial charge in [-0.05, 0) is 48.9 Å². The number of carbonyl (C=O) groups excluding carboxylic acids is 1. The van der Waals surface area contributed by atoms with E-state index in [9.17, 15) is 4.79 Å². The molecule has 2 aromatic heterocycles. The Morgan fingerprint density at radius 3 is 2.40 bits per heavy atom. The van der Waals surface area contributed by atoms with Gasteiger partial charge >= 0.3 is 0 Å². The van der Waals surface area contributed by atoms with Crippen molar-refractivity contribution in [2.75, 3.05) is 4.90 Å². The molecule has 0 saturated carbocycles. The number of thioether (sulfide) groups is 1. The maximum absolute atomic E-state index is 14.0.